The molecule has 0 N–H and O–H groups in total. The second kappa shape index (κ2) is 6.76. The molecule has 1 fully saturated rings. The molecule has 3 heterocycles. The number of aryl methyl sites for hydroxylation is 3. The standard InChI is InChI=1S/C17H24N4O3/c1-11-7-18-17(23-11)10-21(14(4)22)15-5-6-20(8-15)9-16-12(2)19-24-13(16)3/h7,15H,5-6,8-10H2,1-4H3/t15-/m1/s1. The molecule has 0 aliphatic carbocycles. The molecular formula is C17H24N4O3. The van der Waals surface area contributed by atoms with Gasteiger partial charge in [0.15, 0.2) is 0 Å². The van der Waals surface area contributed by atoms with Gasteiger partial charge >= 0.3 is 0 Å². The van der Waals surface area contributed by atoms with E-state index in [1.54, 1.807) is 13.1 Å². The van der Waals surface area contributed by atoms with Gasteiger partial charge in [-0.05, 0) is 27.2 Å². The van der Waals surface area contributed by atoms with Gasteiger partial charge in [0.05, 0.1) is 18.4 Å². The number of rotatable bonds is 5. The van der Waals surface area contributed by atoms with Crippen molar-refractivity contribution in [3.8, 4) is 0 Å². The summed E-state index contributed by atoms with van der Waals surface area (Å²) in [6.45, 7) is 10.4. The normalized spacial score (nSPS) is 18.2. The van der Waals surface area contributed by atoms with E-state index in [0.717, 1.165) is 48.8 Å². The molecule has 0 radical (unpaired) electrons. The molecule has 0 saturated carbocycles. The van der Waals surface area contributed by atoms with Crippen molar-refractivity contribution in [3.63, 3.8) is 0 Å². The van der Waals surface area contributed by atoms with Crippen LogP contribution in [0.2, 0.25) is 0 Å². The Morgan fingerprint density at radius 2 is 2.21 bits per heavy atom. The zero-order valence-corrected chi connectivity index (χ0v) is 14.7. The van der Waals surface area contributed by atoms with E-state index < -0.39 is 0 Å². The summed E-state index contributed by atoms with van der Waals surface area (Å²) < 4.78 is 10.8. The molecule has 7 nitrogen and oxygen atoms in total. The van der Waals surface area contributed by atoms with Crippen LogP contribution in [0.3, 0.4) is 0 Å². The van der Waals surface area contributed by atoms with Crippen molar-refractivity contribution in [1.29, 1.82) is 0 Å². The predicted molar refractivity (Wildman–Crippen MR) is 87.1 cm³/mol. The Hall–Kier alpha value is -2.15. The second-order valence-electron chi connectivity index (χ2n) is 6.49. The third-order valence-electron chi connectivity index (χ3n) is 4.63. The summed E-state index contributed by atoms with van der Waals surface area (Å²) in [7, 11) is 0. The van der Waals surface area contributed by atoms with E-state index in [9.17, 15) is 4.79 Å². The molecule has 2 aromatic rings. The highest BCUT2D eigenvalue weighted by Crippen LogP contribution is 2.22. The Morgan fingerprint density at radius 3 is 2.79 bits per heavy atom. The summed E-state index contributed by atoms with van der Waals surface area (Å²) >= 11 is 0. The van der Waals surface area contributed by atoms with Crippen LogP contribution in [0.15, 0.2) is 15.1 Å². The Morgan fingerprint density at radius 1 is 1.42 bits per heavy atom. The van der Waals surface area contributed by atoms with Crippen LogP contribution in [0.1, 0.15) is 42.0 Å². The molecule has 1 aliphatic rings. The SMILES string of the molecule is CC(=O)N(Cc1ncc(C)o1)[C@@H]1CCN(Cc2c(C)noc2C)C1. The minimum Gasteiger partial charge on any atom is -0.444 e. The highest BCUT2D eigenvalue weighted by atomic mass is 16.5. The summed E-state index contributed by atoms with van der Waals surface area (Å²) in [6, 6.07) is 0.176. The second-order valence-corrected chi connectivity index (χ2v) is 6.49. The Kier molecular flexibility index (Phi) is 4.71. The van der Waals surface area contributed by atoms with Gasteiger partial charge in [-0.3, -0.25) is 9.69 Å². The van der Waals surface area contributed by atoms with Crippen LogP contribution in [-0.2, 0) is 17.9 Å². The number of likely N-dealkylation sites (tertiary alicyclic amines) is 1. The quantitative estimate of drug-likeness (QED) is 0.835. The van der Waals surface area contributed by atoms with Crippen molar-refractivity contribution < 1.29 is 13.7 Å². The van der Waals surface area contributed by atoms with E-state index in [1.165, 1.54) is 0 Å². The van der Waals surface area contributed by atoms with Gasteiger partial charge in [0, 0.05) is 38.2 Å². The highest BCUT2D eigenvalue weighted by Gasteiger charge is 2.31. The van der Waals surface area contributed by atoms with E-state index in [4.69, 9.17) is 8.94 Å². The lowest BCUT2D eigenvalue weighted by atomic mass is 10.2. The van der Waals surface area contributed by atoms with Crippen LogP contribution < -0.4 is 0 Å². The van der Waals surface area contributed by atoms with E-state index in [-0.39, 0.29) is 11.9 Å². The summed E-state index contributed by atoms with van der Waals surface area (Å²) in [5, 5.41) is 4.01. The summed E-state index contributed by atoms with van der Waals surface area (Å²) in [5.41, 5.74) is 2.09. The molecule has 1 saturated heterocycles. The maximum absolute atomic E-state index is 12.1. The fourth-order valence-corrected chi connectivity index (χ4v) is 3.28. The molecule has 0 aromatic carbocycles. The number of amides is 1. The first-order valence-electron chi connectivity index (χ1n) is 8.26. The van der Waals surface area contributed by atoms with Gasteiger partial charge in [0.2, 0.25) is 11.8 Å². The lowest BCUT2D eigenvalue weighted by Crippen LogP contribution is -2.40. The number of nitrogens with zero attached hydrogens (tertiary/aromatic N) is 4. The minimum atomic E-state index is 0.0510. The van der Waals surface area contributed by atoms with Crippen molar-refractivity contribution in [2.75, 3.05) is 13.1 Å². The molecule has 0 unspecified atom stereocenters. The first-order valence-corrected chi connectivity index (χ1v) is 8.26. The predicted octanol–water partition coefficient (Wildman–Crippen LogP) is 2.21. The lowest BCUT2D eigenvalue weighted by Gasteiger charge is -2.27. The van der Waals surface area contributed by atoms with Crippen LogP contribution in [0.5, 0.6) is 0 Å². The zero-order valence-electron chi connectivity index (χ0n) is 14.7. The number of hydrogen-bond donors (Lipinski definition) is 0. The molecule has 0 spiro atoms. The first-order chi connectivity index (χ1) is 11.4. The van der Waals surface area contributed by atoms with Crippen molar-refractivity contribution >= 4 is 5.91 Å². The van der Waals surface area contributed by atoms with Crippen molar-refractivity contribution in [2.24, 2.45) is 0 Å². The van der Waals surface area contributed by atoms with Crippen LogP contribution in [-0.4, -0.2) is 45.0 Å². The third kappa shape index (κ3) is 3.51. The number of aromatic nitrogens is 2. The van der Waals surface area contributed by atoms with E-state index in [1.807, 2.05) is 25.7 Å². The van der Waals surface area contributed by atoms with E-state index in [2.05, 4.69) is 15.0 Å². The summed E-state index contributed by atoms with van der Waals surface area (Å²) in [6.07, 6.45) is 2.63. The van der Waals surface area contributed by atoms with Gasteiger partial charge in [-0.25, -0.2) is 4.98 Å². The van der Waals surface area contributed by atoms with Gasteiger partial charge in [0.25, 0.3) is 0 Å². The third-order valence-corrected chi connectivity index (χ3v) is 4.63. The van der Waals surface area contributed by atoms with E-state index >= 15 is 0 Å². The molecule has 3 rings (SSSR count). The maximum atomic E-state index is 12.1. The molecule has 130 valence electrons. The molecule has 0 bridgehead atoms. The van der Waals surface area contributed by atoms with Crippen molar-refractivity contribution in [2.45, 2.75) is 53.2 Å². The molecule has 7 heteroatoms. The average molecular weight is 332 g/mol. The highest BCUT2D eigenvalue weighted by molar-refractivity contribution is 5.73. The Bertz CT molecular complexity index is 702. The summed E-state index contributed by atoms with van der Waals surface area (Å²) in [4.78, 5) is 20.5. The molecule has 1 atom stereocenters. The first kappa shape index (κ1) is 16.7. The van der Waals surface area contributed by atoms with Gasteiger partial charge < -0.3 is 13.8 Å². The smallest absolute Gasteiger partial charge is 0.220 e. The largest absolute Gasteiger partial charge is 0.444 e. The summed E-state index contributed by atoms with van der Waals surface area (Å²) in [5.74, 6) is 2.27. The Labute approximate surface area is 141 Å². The van der Waals surface area contributed by atoms with Gasteiger partial charge in [0.1, 0.15) is 11.5 Å². The maximum Gasteiger partial charge on any atom is 0.220 e. The van der Waals surface area contributed by atoms with Gasteiger partial charge in [-0.2, -0.15) is 0 Å². The van der Waals surface area contributed by atoms with Gasteiger partial charge in [-0.1, -0.05) is 5.16 Å². The molecule has 24 heavy (non-hydrogen) atoms. The zero-order chi connectivity index (χ0) is 17.3. The average Bonchev–Trinajstić information content (AvgIpc) is 3.22. The van der Waals surface area contributed by atoms with Crippen LogP contribution >= 0.6 is 0 Å². The molecule has 2 aromatic heterocycles. The van der Waals surface area contributed by atoms with Crippen molar-refractivity contribution in [1.82, 2.24) is 19.9 Å². The number of oxazole rings is 1. The number of carbonyl (C=O) groups excluding carboxylic acids is 1. The monoisotopic (exact) mass is 332 g/mol. The minimum absolute atomic E-state index is 0.0510. The van der Waals surface area contributed by atoms with Crippen LogP contribution in [0, 0.1) is 20.8 Å². The Balaban J connectivity index is 1.65. The van der Waals surface area contributed by atoms with Gasteiger partial charge in [-0.15, -0.1) is 0 Å². The van der Waals surface area contributed by atoms with Crippen LogP contribution in [0.4, 0.5) is 0 Å². The van der Waals surface area contributed by atoms with E-state index in [0.29, 0.717) is 12.4 Å². The van der Waals surface area contributed by atoms with Crippen LogP contribution in [0.25, 0.3) is 0 Å². The fourth-order valence-electron chi connectivity index (χ4n) is 3.28. The molecular weight excluding hydrogens is 308 g/mol. The topological polar surface area (TPSA) is 75.6 Å². The lowest BCUT2D eigenvalue weighted by molar-refractivity contribution is -0.132. The fraction of sp³-hybridized carbons (Fsp3) is 0.588. The number of hydrogen-bond acceptors (Lipinski definition) is 6. The van der Waals surface area contributed by atoms with Crippen molar-refractivity contribution in [3.05, 3.63) is 34.9 Å². The molecule has 1 aliphatic heterocycles. The number of carbonyl (C=O) groups is 1. The molecule has 1 amide bonds.